The largest absolute Gasteiger partial charge is 0.398 e. The summed E-state index contributed by atoms with van der Waals surface area (Å²) in [5, 5.41) is 0. The Bertz CT molecular complexity index is 333. The van der Waals surface area contributed by atoms with Gasteiger partial charge in [-0.2, -0.15) is 12.6 Å². The molecule has 0 aliphatic rings. The van der Waals surface area contributed by atoms with Crippen LogP contribution in [0.2, 0.25) is 0 Å². The fourth-order valence-corrected chi connectivity index (χ4v) is 0.992. The lowest BCUT2D eigenvalue weighted by molar-refractivity contribution is 1.45. The van der Waals surface area contributed by atoms with Crippen molar-refractivity contribution in [1.82, 2.24) is 0 Å². The lowest BCUT2D eigenvalue weighted by atomic mass is 10.1. The number of rotatable bonds is 0. The molecule has 1 aromatic rings. The van der Waals surface area contributed by atoms with E-state index in [4.69, 9.17) is 5.73 Å². The normalized spacial score (nSPS) is 8.83. The Morgan fingerprint density at radius 2 is 2.25 bits per heavy atom. The molecule has 0 bridgehead atoms. The Morgan fingerprint density at radius 1 is 1.50 bits per heavy atom. The number of anilines is 1. The van der Waals surface area contributed by atoms with Crippen molar-refractivity contribution < 1.29 is 0 Å². The molecule has 0 radical (unpaired) electrons. The highest BCUT2D eigenvalue weighted by atomic mass is 32.1. The highest BCUT2D eigenvalue weighted by Crippen LogP contribution is 2.11. The van der Waals surface area contributed by atoms with E-state index in [1.165, 1.54) is 5.56 Å². The van der Waals surface area contributed by atoms with Gasteiger partial charge in [0, 0.05) is 11.3 Å². The molecule has 0 atom stereocenters. The summed E-state index contributed by atoms with van der Waals surface area (Å²) in [4.78, 5) is 0. The topological polar surface area (TPSA) is 26.0 Å². The molecule has 1 rings (SSSR count). The molecule has 62 valence electrons. The molecule has 0 unspecified atom stereocenters. The minimum Gasteiger partial charge on any atom is -0.398 e. The molecule has 0 amide bonds. The van der Waals surface area contributed by atoms with Gasteiger partial charge in [-0.15, -0.1) is 0 Å². The second kappa shape index (κ2) is 4.08. The van der Waals surface area contributed by atoms with Crippen molar-refractivity contribution in [3.63, 3.8) is 0 Å². The third-order valence-corrected chi connectivity index (χ3v) is 1.67. The van der Waals surface area contributed by atoms with Gasteiger partial charge >= 0.3 is 0 Å². The highest BCUT2D eigenvalue weighted by molar-refractivity contribution is 7.80. The molecule has 0 fully saturated rings. The molecule has 0 aliphatic heterocycles. The molecule has 1 aromatic carbocycles. The van der Waals surface area contributed by atoms with Crippen LogP contribution in [0.3, 0.4) is 0 Å². The van der Waals surface area contributed by atoms with Crippen LogP contribution < -0.4 is 5.73 Å². The summed E-state index contributed by atoms with van der Waals surface area (Å²) in [7, 11) is 0. The van der Waals surface area contributed by atoms with Gasteiger partial charge in [0.2, 0.25) is 0 Å². The van der Waals surface area contributed by atoms with Gasteiger partial charge in [-0.3, -0.25) is 0 Å². The first kappa shape index (κ1) is 9.02. The van der Waals surface area contributed by atoms with Crippen LogP contribution in [-0.4, -0.2) is 5.75 Å². The Kier molecular flexibility index (Phi) is 3.07. The first-order chi connectivity index (χ1) is 5.74. The Labute approximate surface area is 78.4 Å². The first-order valence-corrected chi connectivity index (χ1v) is 4.33. The molecule has 2 heteroatoms. The van der Waals surface area contributed by atoms with Gasteiger partial charge in [0.25, 0.3) is 0 Å². The van der Waals surface area contributed by atoms with E-state index in [1.54, 1.807) is 0 Å². The zero-order valence-corrected chi connectivity index (χ0v) is 7.86. The maximum atomic E-state index is 5.70. The standard InChI is InChI=1S/C10H11NS/c1-8-4-5-10(11)9(7-8)3-2-6-12/h4-5,7,12H,6,11H2,1H3. The van der Waals surface area contributed by atoms with E-state index in [0.29, 0.717) is 5.75 Å². The zero-order valence-electron chi connectivity index (χ0n) is 6.96. The van der Waals surface area contributed by atoms with Crippen molar-refractivity contribution in [3.8, 4) is 11.8 Å². The van der Waals surface area contributed by atoms with Crippen LogP contribution in [0.1, 0.15) is 11.1 Å². The number of benzene rings is 1. The monoisotopic (exact) mass is 177 g/mol. The van der Waals surface area contributed by atoms with E-state index < -0.39 is 0 Å². The second-order valence-corrected chi connectivity index (χ2v) is 2.87. The number of aryl methyl sites for hydroxylation is 1. The van der Waals surface area contributed by atoms with E-state index in [1.807, 2.05) is 25.1 Å². The molecular weight excluding hydrogens is 166 g/mol. The highest BCUT2D eigenvalue weighted by Gasteiger charge is 1.93. The fourth-order valence-electron chi connectivity index (χ4n) is 0.913. The molecule has 0 heterocycles. The summed E-state index contributed by atoms with van der Waals surface area (Å²) in [6.45, 7) is 2.02. The quantitative estimate of drug-likeness (QED) is 0.353. The van der Waals surface area contributed by atoms with Gasteiger partial charge in [-0.25, -0.2) is 0 Å². The molecule has 0 aliphatic carbocycles. The van der Waals surface area contributed by atoms with Crippen molar-refractivity contribution in [1.29, 1.82) is 0 Å². The number of nitrogen functional groups attached to an aromatic ring is 1. The maximum Gasteiger partial charge on any atom is 0.0521 e. The van der Waals surface area contributed by atoms with Crippen molar-refractivity contribution in [2.24, 2.45) is 0 Å². The number of thiol groups is 1. The predicted molar refractivity (Wildman–Crippen MR) is 56.3 cm³/mol. The van der Waals surface area contributed by atoms with E-state index in [9.17, 15) is 0 Å². The van der Waals surface area contributed by atoms with Crippen LogP contribution >= 0.6 is 12.6 Å². The molecule has 0 saturated carbocycles. The summed E-state index contributed by atoms with van der Waals surface area (Å²) >= 11 is 4.00. The van der Waals surface area contributed by atoms with Gasteiger partial charge in [0.1, 0.15) is 0 Å². The Hall–Kier alpha value is -1.07. The lowest BCUT2D eigenvalue weighted by Gasteiger charge is -1.98. The average Bonchev–Trinajstić information content (AvgIpc) is 2.07. The molecule has 2 N–H and O–H groups in total. The third kappa shape index (κ3) is 2.21. The van der Waals surface area contributed by atoms with E-state index in [0.717, 1.165) is 11.3 Å². The summed E-state index contributed by atoms with van der Waals surface area (Å²) in [5.41, 5.74) is 8.50. The molecule has 0 saturated heterocycles. The maximum absolute atomic E-state index is 5.70. The molecule has 1 nitrogen and oxygen atoms in total. The number of hydrogen-bond acceptors (Lipinski definition) is 2. The van der Waals surface area contributed by atoms with Gasteiger partial charge < -0.3 is 5.73 Å². The van der Waals surface area contributed by atoms with E-state index in [-0.39, 0.29) is 0 Å². The lowest BCUT2D eigenvalue weighted by Crippen LogP contribution is -1.90. The van der Waals surface area contributed by atoms with Crippen LogP contribution in [0.25, 0.3) is 0 Å². The fraction of sp³-hybridized carbons (Fsp3) is 0.200. The smallest absolute Gasteiger partial charge is 0.0521 e. The van der Waals surface area contributed by atoms with Crippen LogP contribution in [-0.2, 0) is 0 Å². The molecular formula is C10H11NS. The summed E-state index contributed by atoms with van der Waals surface area (Å²) in [6, 6.07) is 5.82. The van der Waals surface area contributed by atoms with E-state index >= 15 is 0 Å². The van der Waals surface area contributed by atoms with Crippen LogP contribution in [0.5, 0.6) is 0 Å². The first-order valence-electron chi connectivity index (χ1n) is 3.70. The molecule has 0 aromatic heterocycles. The summed E-state index contributed by atoms with van der Waals surface area (Å²) < 4.78 is 0. The van der Waals surface area contributed by atoms with Gasteiger partial charge in [-0.1, -0.05) is 17.9 Å². The Morgan fingerprint density at radius 3 is 2.92 bits per heavy atom. The molecule has 0 spiro atoms. The number of nitrogens with two attached hydrogens (primary N) is 1. The van der Waals surface area contributed by atoms with Crippen molar-refractivity contribution in [2.45, 2.75) is 6.92 Å². The minimum atomic E-state index is 0.563. The SMILES string of the molecule is Cc1ccc(N)c(C#CCS)c1. The average molecular weight is 177 g/mol. The van der Waals surface area contributed by atoms with E-state index in [2.05, 4.69) is 24.5 Å². The second-order valence-electron chi connectivity index (χ2n) is 2.55. The number of hydrogen-bond donors (Lipinski definition) is 2. The Balaban J connectivity index is 3.05. The third-order valence-electron chi connectivity index (χ3n) is 1.51. The van der Waals surface area contributed by atoms with Crippen molar-refractivity contribution >= 4 is 18.3 Å². The summed E-state index contributed by atoms with van der Waals surface area (Å²) in [5.74, 6) is 6.38. The summed E-state index contributed by atoms with van der Waals surface area (Å²) in [6.07, 6.45) is 0. The van der Waals surface area contributed by atoms with Crippen LogP contribution in [0.15, 0.2) is 18.2 Å². The van der Waals surface area contributed by atoms with Crippen LogP contribution in [0.4, 0.5) is 5.69 Å². The zero-order chi connectivity index (χ0) is 8.97. The van der Waals surface area contributed by atoms with Gasteiger partial charge in [0.15, 0.2) is 0 Å². The molecule has 12 heavy (non-hydrogen) atoms. The van der Waals surface area contributed by atoms with Crippen molar-refractivity contribution in [2.75, 3.05) is 11.5 Å². The van der Waals surface area contributed by atoms with Gasteiger partial charge in [-0.05, 0) is 24.6 Å². The van der Waals surface area contributed by atoms with Crippen molar-refractivity contribution in [3.05, 3.63) is 29.3 Å². The van der Waals surface area contributed by atoms with Gasteiger partial charge in [0.05, 0.1) is 5.75 Å². The predicted octanol–water partition coefficient (Wildman–Crippen LogP) is 1.86. The van der Waals surface area contributed by atoms with Crippen LogP contribution in [0, 0.1) is 18.8 Å². The minimum absolute atomic E-state index is 0.563.